The summed E-state index contributed by atoms with van der Waals surface area (Å²) < 4.78 is 44.5. The average molecular weight is 486 g/mol. The minimum Gasteiger partial charge on any atom is -0.504 e. The Morgan fingerprint density at radius 2 is 1.94 bits per heavy atom. The molecule has 0 saturated heterocycles. The van der Waals surface area contributed by atoms with Crippen molar-refractivity contribution in [2.24, 2.45) is 0 Å². The SMILES string of the molecule is O=C(COc1ccc(C(=O)CNC(=O)c2cc3c(s2)CCNC3)cc1O)OC(=O)C(F)(F)F. The van der Waals surface area contributed by atoms with E-state index in [4.69, 9.17) is 4.74 Å². The molecule has 13 heteroatoms. The van der Waals surface area contributed by atoms with Crippen molar-refractivity contribution in [2.45, 2.75) is 19.1 Å². The number of carbonyl (C=O) groups excluding carboxylic acids is 4. The molecule has 2 heterocycles. The minimum atomic E-state index is -5.34. The third-order valence-corrected chi connectivity index (χ3v) is 5.67. The number of Topliss-reactive ketones (excluding diaryl/α,β-unsaturated/α-hetero) is 1. The number of hydrogen-bond acceptors (Lipinski definition) is 9. The predicted molar refractivity (Wildman–Crippen MR) is 107 cm³/mol. The van der Waals surface area contributed by atoms with Crippen LogP contribution in [0.15, 0.2) is 24.3 Å². The van der Waals surface area contributed by atoms with Gasteiger partial charge in [-0.25, -0.2) is 9.59 Å². The molecule has 176 valence electrons. The smallest absolute Gasteiger partial charge is 0.491 e. The van der Waals surface area contributed by atoms with E-state index in [-0.39, 0.29) is 17.9 Å². The molecule has 0 spiro atoms. The van der Waals surface area contributed by atoms with Gasteiger partial charge in [0.15, 0.2) is 23.9 Å². The highest BCUT2D eigenvalue weighted by molar-refractivity contribution is 7.14. The van der Waals surface area contributed by atoms with Crippen molar-refractivity contribution in [1.82, 2.24) is 10.6 Å². The molecule has 3 N–H and O–H groups in total. The van der Waals surface area contributed by atoms with Crippen LogP contribution in [0.4, 0.5) is 13.2 Å². The second-order valence-corrected chi connectivity index (χ2v) is 7.96. The lowest BCUT2D eigenvalue weighted by atomic mass is 10.1. The van der Waals surface area contributed by atoms with Crippen LogP contribution in [-0.2, 0) is 27.3 Å². The fourth-order valence-corrected chi connectivity index (χ4v) is 3.95. The number of rotatable bonds is 7. The Kier molecular flexibility index (Phi) is 7.33. The first kappa shape index (κ1) is 24.2. The molecular weight excluding hydrogens is 469 g/mol. The Bertz CT molecular complexity index is 1070. The number of carbonyl (C=O) groups is 4. The summed E-state index contributed by atoms with van der Waals surface area (Å²) in [6.07, 6.45) is -4.51. The monoisotopic (exact) mass is 486 g/mol. The first-order chi connectivity index (χ1) is 15.5. The van der Waals surface area contributed by atoms with Crippen LogP contribution in [0, 0.1) is 0 Å². The van der Waals surface area contributed by atoms with E-state index in [0.717, 1.165) is 35.5 Å². The van der Waals surface area contributed by atoms with Gasteiger partial charge in [-0.3, -0.25) is 9.59 Å². The number of ether oxygens (including phenoxy) is 2. The number of benzene rings is 1. The number of nitrogens with one attached hydrogen (secondary N) is 2. The van der Waals surface area contributed by atoms with Gasteiger partial charge in [-0.1, -0.05) is 0 Å². The van der Waals surface area contributed by atoms with Gasteiger partial charge in [0.1, 0.15) is 0 Å². The van der Waals surface area contributed by atoms with Crippen molar-refractivity contribution in [2.75, 3.05) is 19.7 Å². The molecule has 1 aromatic carbocycles. The van der Waals surface area contributed by atoms with Crippen LogP contribution in [0.5, 0.6) is 11.5 Å². The number of hydrogen-bond donors (Lipinski definition) is 3. The number of aromatic hydroxyl groups is 1. The summed E-state index contributed by atoms with van der Waals surface area (Å²) in [5.74, 6) is -6.15. The van der Waals surface area contributed by atoms with Gasteiger partial charge in [0, 0.05) is 23.5 Å². The zero-order valence-electron chi connectivity index (χ0n) is 16.8. The Hall–Kier alpha value is -3.45. The van der Waals surface area contributed by atoms with Crippen LogP contribution in [0.1, 0.15) is 30.5 Å². The predicted octanol–water partition coefficient (Wildman–Crippen LogP) is 1.72. The maximum atomic E-state index is 12.3. The number of halogens is 3. The third-order valence-electron chi connectivity index (χ3n) is 4.44. The maximum absolute atomic E-state index is 12.3. The Labute approximate surface area is 188 Å². The van der Waals surface area contributed by atoms with Crippen LogP contribution in [0.3, 0.4) is 0 Å². The molecule has 1 aromatic heterocycles. The molecule has 0 radical (unpaired) electrons. The fraction of sp³-hybridized carbons (Fsp3) is 0.300. The summed E-state index contributed by atoms with van der Waals surface area (Å²) in [4.78, 5) is 48.1. The van der Waals surface area contributed by atoms with Crippen LogP contribution < -0.4 is 15.4 Å². The number of alkyl halides is 3. The molecule has 0 fully saturated rings. The van der Waals surface area contributed by atoms with Crippen LogP contribution >= 0.6 is 11.3 Å². The van der Waals surface area contributed by atoms with Gasteiger partial charge >= 0.3 is 18.1 Å². The number of fused-ring (bicyclic) bond motifs is 1. The molecule has 2 aromatic rings. The summed E-state index contributed by atoms with van der Waals surface area (Å²) in [5.41, 5.74) is 1.07. The lowest BCUT2D eigenvalue weighted by molar-refractivity contribution is -0.202. The normalized spacial score (nSPS) is 13.1. The molecule has 0 aliphatic carbocycles. The van der Waals surface area contributed by atoms with Gasteiger partial charge in [0.2, 0.25) is 0 Å². The zero-order chi connectivity index (χ0) is 24.2. The van der Waals surface area contributed by atoms with E-state index < -0.39 is 42.2 Å². The molecule has 1 amide bonds. The lowest BCUT2D eigenvalue weighted by Crippen LogP contribution is -2.30. The molecule has 9 nitrogen and oxygen atoms in total. The molecule has 1 aliphatic heterocycles. The minimum absolute atomic E-state index is 0.0182. The van der Waals surface area contributed by atoms with E-state index in [2.05, 4.69) is 15.4 Å². The van der Waals surface area contributed by atoms with Gasteiger partial charge in [0.25, 0.3) is 5.91 Å². The van der Waals surface area contributed by atoms with E-state index >= 15 is 0 Å². The van der Waals surface area contributed by atoms with Gasteiger partial charge in [-0.15, -0.1) is 11.3 Å². The maximum Gasteiger partial charge on any atom is 0.491 e. The molecular formula is C20H17F3N2O7S. The highest BCUT2D eigenvalue weighted by Crippen LogP contribution is 2.28. The van der Waals surface area contributed by atoms with E-state index in [1.54, 1.807) is 6.07 Å². The van der Waals surface area contributed by atoms with Crippen molar-refractivity contribution < 1.29 is 46.9 Å². The van der Waals surface area contributed by atoms with Gasteiger partial charge in [0.05, 0.1) is 11.4 Å². The van der Waals surface area contributed by atoms with Gasteiger partial charge < -0.3 is 25.2 Å². The number of phenols is 1. The van der Waals surface area contributed by atoms with Crippen LogP contribution in [-0.4, -0.2) is 54.6 Å². The van der Waals surface area contributed by atoms with E-state index in [1.807, 2.05) is 0 Å². The standard InChI is InChI=1S/C20H17F3N2O7S/c21-20(22,23)19(30)32-17(28)9-31-14-2-1-10(5-12(14)26)13(27)8-25-18(29)16-6-11-7-24-4-3-15(11)33-16/h1-2,5-6,24,26H,3-4,7-9H2,(H,25,29). The molecule has 0 saturated carbocycles. The largest absolute Gasteiger partial charge is 0.504 e. The second-order valence-electron chi connectivity index (χ2n) is 6.82. The molecule has 33 heavy (non-hydrogen) atoms. The van der Waals surface area contributed by atoms with Gasteiger partial charge in [-0.05, 0) is 36.2 Å². The summed E-state index contributed by atoms with van der Waals surface area (Å²) >= 11 is 1.37. The lowest BCUT2D eigenvalue weighted by Gasteiger charge is -2.10. The average Bonchev–Trinajstić information content (AvgIpc) is 3.20. The van der Waals surface area contributed by atoms with Crippen molar-refractivity contribution in [1.29, 1.82) is 0 Å². The summed E-state index contributed by atoms with van der Waals surface area (Å²) in [6.45, 7) is 0.0927. The molecule has 0 unspecified atom stereocenters. The number of amides is 1. The molecule has 0 bridgehead atoms. The quantitative estimate of drug-likeness (QED) is 0.306. The van der Waals surface area contributed by atoms with Gasteiger partial charge in [-0.2, -0.15) is 13.2 Å². The topological polar surface area (TPSA) is 131 Å². The summed E-state index contributed by atoms with van der Waals surface area (Å²) in [5, 5.41) is 15.7. The first-order valence-corrected chi connectivity index (χ1v) is 10.3. The Morgan fingerprint density at radius 3 is 2.61 bits per heavy atom. The number of thiophene rings is 1. The molecule has 3 rings (SSSR count). The second kappa shape index (κ2) is 10.0. The van der Waals surface area contributed by atoms with Crippen LogP contribution in [0.2, 0.25) is 0 Å². The van der Waals surface area contributed by atoms with Crippen molar-refractivity contribution >= 4 is 35.0 Å². The Morgan fingerprint density at radius 1 is 1.18 bits per heavy atom. The molecule has 0 atom stereocenters. The van der Waals surface area contributed by atoms with Crippen molar-refractivity contribution in [3.63, 3.8) is 0 Å². The van der Waals surface area contributed by atoms with Crippen LogP contribution in [0.25, 0.3) is 0 Å². The first-order valence-electron chi connectivity index (χ1n) is 9.46. The number of esters is 2. The fourth-order valence-electron chi connectivity index (χ4n) is 2.85. The van der Waals surface area contributed by atoms with E-state index in [0.29, 0.717) is 11.4 Å². The highest BCUT2D eigenvalue weighted by Gasteiger charge is 2.42. The third kappa shape index (κ3) is 6.29. The Balaban J connectivity index is 1.52. The number of phenolic OH excluding ortho intramolecular Hbond substituents is 1. The van der Waals surface area contributed by atoms with Crippen molar-refractivity contribution in [3.05, 3.63) is 45.1 Å². The number of ketones is 1. The zero-order valence-corrected chi connectivity index (χ0v) is 17.6. The van der Waals surface area contributed by atoms with Crippen molar-refractivity contribution in [3.8, 4) is 11.5 Å². The highest BCUT2D eigenvalue weighted by atomic mass is 32.1. The summed E-state index contributed by atoms with van der Waals surface area (Å²) in [6, 6.07) is 5.11. The van der Waals surface area contributed by atoms with E-state index in [9.17, 15) is 37.5 Å². The van der Waals surface area contributed by atoms with E-state index in [1.165, 1.54) is 17.4 Å². The summed E-state index contributed by atoms with van der Waals surface area (Å²) in [7, 11) is 0. The molecule has 1 aliphatic rings.